The van der Waals surface area contributed by atoms with Crippen molar-refractivity contribution in [1.82, 2.24) is 15.1 Å². The normalized spacial score (nSPS) is 21.4. The molecule has 5 nitrogen and oxygen atoms in total. The molecule has 3 rings (SSSR count). The molecule has 116 valence electrons. The number of carbonyl (C=O) groups is 1. The van der Waals surface area contributed by atoms with Crippen molar-refractivity contribution in [1.29, 1.82) is 0 Å². The van der Waals surface area contributed by atoms with Crippen molar-refractivity contribution in [2.45, 2.75) is 18.9 Å². The van der Waals surface area contributed by atoms with Gasteiger partial charge in [-0.25, -0.2) is 4.79 Å². The van der Waals surface area contributed by atoms with Crippen LogP contribution in [0.3, 0.4) is 0 Å². The number of likely N-dealkylation sites (tertiary alicyclic amines) is 1. The maximum Gasteiger partial charge on any atom is 0.317 e. The number of rotatable bonds is 4. The first-order chi connectivity index (χ1) is 10.3. The Kier molecular flexibility index (Phi) is 5.11. The molecule has 2 aliphatic heterocycles. The first-order valence-electron chi connectivity index (χ1n) is 7.72. The van der Waals surface area contributed by atoms with Crippen molar-refractivity contribution < 1.29 is 9.53 Å². The number of ether oxygens (including phenoxy) is 1. The summed E-state index contributed by atoms with van der Waals surface area (Å²) in [5, 5.41) is 5.23. The molecule has 2 aliphatic rings. The Labute approximate surface area is 129 Å². The SMILES string of the molecule is O=C(NC[C@H](c1cccs1)N1CCCC1)N1CCOCC1. The number of amides is 2. The minimum absolute atomic E-state index is 0.0408. The van der Waals surface area contributed by atoms with Gasteiger partial charge in [-0.15, -0.1) is 11.3 Å². The molecule has 0 aliphatic carbocycles. The number of nitrogens with one attached hydrogen (secondary N) is 1. The molecular formula is C15H23N3O2S. The highest BCUT2D eigenvalue weighted by Gasteiger charge is 2.25. The molecule has 3 heterocycles. The first kappa shape index (κ1) is 14.8. The lowest BCUT2D eigenvalue weighted by molar-refractivity contribution is 0.0527. The molecule has 0 saturated carbocycles. The third kappa shape index (κ3) is 3.75. The summed E-state index contributed by atoms with van der Waals surface area (Å²) >= 11 is 1.78. The van der Waals surface area contributed by atoms with Gasteiger partial charge in [0, 0.05) is 24.5 Å². The Morgan fingerprint density at radius 1 is 1.29 bits per heavy atom. The van der Waals surface area contributed by atoms with Gasteiger partial charge >= 0.3 is 6.03 Å². The maximum absolute atomic E-state index is 12.2. The number of morpholine rings is 1. The zero-order valence-electron chi connectivity index (χ0n) is 12.3. The molecule has 1 aromatic heterocycles. The summed E-state index contributed by atoms with van der Waals surface area (Å²) in [6.45, 7) is 5.64. The van der Waals surface area contributed by atoms with Crippen LogP contribution >= 0.6 is 11.3 Å². The Morgan fingerprint density at radius 3 is 2.71 bits per heavy atom. The average Bonchev–Trinajstić information content (AvgIpc) is 3.22. The smallest absolute Gasteiger partial charge is 0.317 e. The minimum Gasteiger partial charge on any atom is -0.378 e. The van der Waals surface area contributed by atoms with E-state index in [1.54, 1.807) is 11.3 Å². The monoisotopic (exact) mass is 309 g/mol. The van der Waals surface area contributed by atoms with Crippen molar-refractivity contribution in [2.75, 3.05) is 45.9 Å². The number of hydrogen-bond acceptors (Lipinski definition) is 4. The molecule has 1 N–H and O–H groups in total. The van der Waals surface area contributed by atoms with E-state index in [9.17, 15) is 4.79 Å². The highest BCUT2D eigenvalue weighted by molar-refractivity contribution is 7.10. The van der Waals surface area contributed by atoms with E-state index >= 15 is 0 Å². The average molecular weight is 309 g/mol. The van der Waals surface area contributed by atoms with Crippen molar-refractivity contribution in [2.24, 2.45) is 0 Å². The van der Waals surface area contributed by atoms with Gasteiger partial charge in [-0.3, -0.25) is 4.90 Å². The van der Waals surface area contributed by atoms with Gasteiger partial charge in [0.1, 0.15) is 0 Å². The lowest BCUT2D eigenvalue weighted by Crippen LogP contribution is -2.48. The molecule has 0 aromatic carbocycles. The van der Waals surface area contributed by atoms with Crippen LogP contribution in [0.4, 0.5) is 4.79 Å². The van der Waals surface area contributed by atoms with E-state index in [2.05, 4.69) is 27.7 Å². The van der Waals surface area contributed by atoms with Gasteiger partial charge in [0.25, 0.3) is 0 Å². The molecule has 0 unspecified atom stereocenters. The van der Waals surface area contributed by atoms with Crippen LogP contribution < -0.4 is 5.32 Å². The molecule has 1 atom stereocenters. The van der Waals surface area contributed by atoms with Gasteiger partial charge in [0.05, 0.1) is 19.3 Å². The third-order valence-corrected chi connectivity index (χ3v) is 5.17. The van der Waals surface area contributed by atoms with E-state index in [1.165, 1.54) is 17.7 Å². The van der Waals surface area contributed by atoms with Crippen LogP contribution in [-0.2, 0) is 4.74 Å². The van der Waals surface area contributed by atoms with Gasteiger partial charge in [-0.1, -0.05) is 6.07 Å². The fraction of sp³-hybridized carbons (Fsp3) is 0.667. The second kappa shape index (κ2) is 7.24. The topological polar surface area (TPSA) is 44.8 Å². The summed E-state index contributed by atoms with van der Waals surface area (Å²) in [7, 11) is 0. The number of hydrogen-bond donors (Lipinski definition) is 1. The van der Waals surface area contributed by atoms with Gasteiger partial charge in [0.15, 0.2) is 0 Å². The molecule has 2 saturated heterocycles. The van der Waals surface area contributed by atoms with Crippen molar-refractivity contribution in [3.8, 4) is 0 Å². The Hall–Kier alpha value is -1.11. The molecule has 0 spiro atoms. The maximum atomic E-state index is 12.2. The molecular weight excluding hydrogens is 286 g/mol. The summed E-state index contributed by atoms with van der Waals surface area (Å²) < 4.78 is 5.29. The largest absolute Gasteiger partial charge is 0.378 e. The predicted molar refractivity (Wildman–Crippen MR) is 83.7 cm³/mol. The first-order valence-corrected chi connectivity index (χ1v) is 8.60. The van der Waals surface area contributed by atoms with Crippen molar-refractivity contribution in [3.63, 3.8) is 0 Å². The third-order valence-electron chi connectivity index (χ3n) is 4.20. The number of carbonyl (C=O) groups excluding carboxylic acids is 1. The van der Waals surface area contributed by atoms with E-state index in [1.807, 2.05) is 4.90 Å². The van der Waals surface area contributed by atoms with E-state index in [0.717, 1.165) is 13.1 Å². The van der Waals surface area contributed by atoms with E-state index < -0.39 is 0 Å². The summed E-state index contributed by atoms with van der Waals surface area (Å²) in [4.78, 5) is 17.9. The van der Waals surface area contributed by atoms with E-state index in [0.29, 0.717) is 38.9 Å². The predicted octanol–water partition coefficient (Wildman–Crippen LogP) is 1.93. The van der Waals surface area contributed by atoms with Gasteiger partial charge in [-0.05, 0) is 37.4 Å². The lowest BCUT2D eigenvalue weighted by Gasteiger charge is -2.30. The minimum atomic E-state index is 0.0408. The molecule has 0 bridgehead atoms. The van der Waals surface area contributed by atoms with Crippen LogP contribution in [0.15, 0.2) is 17.5 Å². The molecule has 2 amide bonds. The van der Waals surface area contributed by atoms with Crippen LogP contribution in [0, 0.1) is 0 Å². The Balaban J connectivity index is 1.58. The summed E-state index contributed by atoms with van der Waals surface area (Å²) in [5.74, 6) is 0. The van der Waals surface area contributed by atoms with Crippen LogP contribution in [0.25, 0.3) is 0 Å². The van der Waals surface area contributed by atoms with Gasteiger partial charge in [0.2, 0.25) is 0 Å². The molecule has 0 radical (unpaired) electrons. The van der Waals surface area contributed by atoms with Crippen LogP contribution in [-0.4, -0.2) is 61.8 Å². The highest BCUT2D eigenvalue weighted by Crippen LogP contribution is 2.27. The second-order valence-electron chi connectivity index (χ2n) is 5.56. The van der Waals surface area contributed by atoms with Crippen molar-refractivity contribution in [3.05, 3.63) is 22.4 Å². The zero-order chi connectivity index (χ0) is 14.5. The van der Waals surface area contributed by atoms with Crippen LogP contribution in [0.1, 0.15) is 23.8 Å². The summed E-state index contributed by atoms with van der Waals surface area (Å²) in [6.07, 6.45) is 2.53. The molecule has 2 fully saturated rings. The number of nitrogens with zero attached hydrogens (tertiary/aromatic N) is 2. The lowest BCUT2D eigenvalue weighted by atomic mass is 10.2. The Bertz CT molecular complexity index is 440. The van der Waals surface area contributed by atoms with Crippen molar-refractivity contribution >= 4 is 17.4 Å². The number of urea groups is 1. The van der Waals surface area contributed by atoms with Crippen LogP contribution in [0.2, 0.25) is 0 Å². The summed E-state index contributed by atoms with van der Waals surface area (Å²) in [6, 6.07) is 4.62. The van der Waals surface area contributed by atoms with E-state index in [-0.39, 0.29) is 6.03 Å². The number of thiophene rings is 1. The van der Waals surface area contributed by atoms with Crippen LogP contribution in [0.5, 0.6) is 0 Å². The quantitative estimate of drug-likeness (QED) is 0.924. The fourth-order valence-electron chi connectivity index (χ4n) is 3.01. The summed E-state index contributed by atoms with van der Waals surface area (Å²) in [5.41, 5.74) is 0. The molecule has 1 aromatic rings. The van der Waals surface area contributed by atoms with Gasteiger partial charge < -0.3 is 15.0 Å². The fourth-order valence-corrected chi connectivity index (χ4v) is 3.87. The highest BCUT2D eigenvalue weighted by atomic mass is 32.1. The zero-order valence-corrected chi connectivity index (χ0v) is 13.1. The standard InChI is InChI=1S/C15H23N3O2S/c19-15(18-7-9-20-10-8-18)16-12-13(14-4-3-11-21-14)17-5-1-2-6-17/h3-4,11,13H,1-2,5-10,12H2,(H,16,19)/t13-/m1/s1. The molecule has 6 heteroatoms. The van der Waals surface area contributed by atoms with E-state index in [4.69, 9.17) is 4.74 Å². The van der Waals surface area contributed by atoms with Gasteiger partial charge in [-0.2, -0.15) is 0 Å². The second-order valence-corrected chi connectivity index (χ2v) is 6.54. The molecule has 21 heavy (non-hydrogen) atoms. The Morgan fingerprint density at radius 2 is 2.05 bits per heavy atom.